The van der Waals surface area contributed by atoms with Gasteiger partial charge in [-0.15, -0.1) is 0 Å². The highest BCUT2D eigenvalue weighted by molar-refractivity contribution is 7.80. The van der Waals surface area contributed by atoms with Crippen molar-refractivity contribution in [2.24, 2.45) is 5.73 Å². The van der Waals surface area contributed by atoms with Crippen molar-refractivity contribution in [1.29, 1.82) is 0 Å². The van der Waals surface area contributed by atoms with E-state index in [1.54, 1.807) is 0 Å². The Morgan fingerprint density at radius 1 is 1.40 bits per heavy atom. The van der Waals surface area contributed by atoms with Gasteiger partial charge in [-0.2, -0.15) is 0 Å². The molecule has 0 heterocycles. The van der Waals surface area contributed by atoms with Gasteiger partial charge in [0.05, 0.1) is 0 Å². The molecular weight excluding hydrogens is 206 g/mol. The molecule has 1 aromatic rings. The molecule has 0 radical (unpaired) electrons. The van der Waals surface area contributed by atoms with Gasteiger partial charge in [0, 0.05) is 0 Å². The van der Waals surface area contributed by atoms with E-state index < -0.39 is 0 Å². The molecule has 0 bridgehead atoms. The predicted molar refractivity (Wildman–Crippen MR) is 67.4 cm³/mol. The smallest absolute Gasteiger partial charge is 0.138 e. The van der Waals surface area contributed by atoms with Crippen molar-refractivity contribution < 1.29 is 4.74 Å². The second-order valence-electron chi connectivity index (χ2n) is 4.53. The van der Waals surface area contributed by atoms with Crippen molar-refractivity contribution in [2.75, 3.05) is 6.61 Å². The van der Waals surface area contributed by atoms with Gasteiger partial charge in [-0.1, -0.05) is 45.1 Å². The third kappa shape index (κ3) is 3.88. The third-order valence-electron chi connectivity index (χ3n) is 2.08. The molecule has 0 atom stereocenters. The molecule has 1 rings (SSSR count). The van der Waals surface area contributed by atoms with E-state index in [9.17, 15) is 0 Å². The number of benzene rings is 1. The second-order valence-corrected chi connectivity index (χ2v) is 5.06. The highest BCUT2D eigenvalue weighted by Gasteiger charge is 2.13. The fraction of sp³-hybridized carbons (Fsp3) is 0.417. The largest absolute Gasteiger partial charge is 0.486 e. The van der Waals surface area contributed by atoms with Crippen molar-refractivity contribution in [2.45, 2.75) is 26.2 Å². The van der Waals surface area contributed by atoms with E-state index in [2.05, 4.69) is 26.8 Å². The maximum absolute atomic E-state index is 5.44. The Balaban J connectivity index is 2.79. The van der Waals surface area contributed by atoms with E-state index in [-0.39, 0.29) is 5.41 Å². The molecule has 0 saturated heterocycles. The maximum Gasteiger partial charge on any atom is 0.138 e. The van der Waals surface area contributed by atoms with Gasteiger partial charge in [0.15, 0.2) is 0 Å². The van der Waals surface area contributed by atoms with Crippen LogP contribution in [-0.2, 0) is 5.41 Å². The molecule has 2 nitrogen and oxygen atoms in total. The highest BCUT2D eigenvalue weighted by Crippen LogP contribution is 2.25. The summed E-state index contributed by atoms with van der Waals surface area (Å²) in [7, 11) is 0. The van der Waals surface area contributed by atoms with Gasteiger partial charge in [0.2, 0.25) is 0 Å². The summed E-state index contributed by atoms with van der Waals surface area (Å²) in [5.41, 5.74) is 6.74. The Bertz CT molecular complexity index is 355. The van der Waals surface area contributed by atoms with Crippen molar-refractivity contribution in [1.82, 2.24) is 0 Å². The first-order valence-corrected chi connectivity index (χ1v) is 5.32. The Labute approximate surface area is 96.4 Å². The quantitative estimate of drug-likeness (QED) is 0.800. The molecule has 0 amide bonds. The van der Waals surface area contributed by atoms with E-state index in [0.717, 1.165) is 5.75 Å². The monoisotopic (exact) mass is 223 g/mol. The zero-order valence-corrected chi connectivity index (χ0v) is 10.2. The molecule has 1 aromatic carbocycles. The first kappa shape index (κ1) is 12.0. The van der Waals surface area contributed by atoms with E-state index >= 15 is 0 Å². The van der Waals surface area contributed by atoms with Gasteiger partial charge in [0.25, 0.3) is 0 Å². The van der Waals surface area contributed by atoms with Crippen LogP contribution >= 0.6 is 12.2 Å². The summed E-state index contributed by atoms with van der Waals surface area (Å²) >= 11 is 4.75. The number of thiocarbonyl (C=S) groups is 1. The average Bonchev–Trinajstić information content (AvgIpc) is 2.14. The predicted octanol–water partition coefficient (Wildman–Crippen LogP) is 2.65. The molecule has 0 aliphatic rings. The summed E-state index contributed by atoms with van der Waals surface area (Å²) < 4.78 is 5.44. The van der Waals surface area contributed by atoms with Gasteiger partial charge in [-0.3, -0.25) is 0 Å². The zero-order chi connectivity index (χ0) is 11.5. The number of rotatable bonds is 3. The molecule has 0 aromatic heterocycles. The minimum absolute atomic E-state index is 0.128. The third-order valence-corrected chi connectivity index (χ3v) is 2.20. The fourth-order valence-electron chi connectivity index (χ4n) is 1.21. The van der Waals surface area contributed by atoms with Crippen LogP contribution < -0.4 is 10.5 Å². The van der Waals surface area contributed by atoms with Gasteiger partial charge >= 0.3 is 0 Å². The molecule has 3 heteroatoms. The summed E-state index contributed by atoms with van der Waals surface area (Å²) in [6.45, 7) is 6.79. The second kappa shape index (κ2) is 4.62. The molecule has 0 aliphatic heterocycles. The fourth-order valence-corrected chi connectivity index (χ4v) is 1.27. The lowest BCUT2D eigenvalue weighted by Gasteiger charge is -2.19. The van der Waals surface area contributed by atoms with Crippen molar-refractivity contribution in [3.8, 4) is 5.75 Å². The van der Waals surface area contributed by atoms with Crippen LogP contribution in [0.15, 0.2) is 24.3 Å². The van der Waals surface area contributed by atoms with Gasteiger partial charge < -0.3 is 10.5 Å². The van der Waals surface area contributed by atoms with Crippen LogP contribution in [0.3, 0.4) is 0 Å². The standard InChI is InChI=1S/C12H17NOS/c1-12(2,3)9-5-4-6-10(7-9)14-8-11(13)15/h4-7H,8H2,1-3H3,(H2,13,15). The summed E-state index contributed by atoms with van der Waals surface area (Å²) in [6.07, 6.45) is 0. The molecule has 0 aliphatic carbocycles. The van der Waals surface area contributed by atoms with Crippen LogP contribution in [0, 0.1) is 0 Å². The number of hydrogen-bond acceptors (Lipinski definition) is 2. The van der Waals surface area contributed by atoms with Crippen LogP contribution in [-0.4, -0.2) is 11.6 Å². The number of hydrogen-bond donors (Lipinski definition) is 1. The van der Waals surface area contributed by atoms with Crippen molar-refractivity contribution >= 4 is 17.2 Å². The van der Waals surface area contributed by atoms with Gasteiger partial charge in [-0.25, -0.2) is 0 Å². The van der Waals surface area contributed by atoms with Crippen LogP contribution in [0.2, 0.25) is 0 Å². The summed E-state index contributed by atoms with van der Waals surface area (Å²) in [5, 5.41) is 0. The lowest BCUT2D eigenvalue weighted by molar-refractivity contribution is 0.376. The molecule has 2 N–H and O–H groups in total. The highest BCUT2D eigenvalue weighted by atomic mass is 32.1. The normalized spacial score (nSPS) is 11.1. The zero-order valence-electron chi connectivity index (χ0n) is 9.41. The minimum Gasteiger partial charge on any atom is -0.486 e. The van der Waals surface area contributed by atoms with Crippen LogP contribution in [0.5, 0.6) is 5.75 Å². The molecule has 0 unspecified atom stereocenters. The van der Waals surface area contributed by atoms with Crippen molar-refractivity contribution in [3.05, 3.63) is 29.8 Å². The number of ether oxygens (including phenoxy) is 1. The molecule has 82 valence electrons. The van der Waals surface area contributed by atoms with Crippen LogP contribution in [0.25, 0.3) is 0 Å². The average molecular weight is 223 g/mol. The van der Waals surface area contributed by atoms with E-state index in [1.807, 2.05) is 18.2 Å². The molecule has 0 fully saturated rings. The Morgan fingerprint density at radius 2 is 2.07 bits per heavy atom. The Morgan fingerprint density at radius 3 is 2.60 bits per heavy atom. The minimum atomic E-state index is 0.128. The van der Waals surface area contributed by atoms with Crippen LogP contribution in [0.1, 0.15) is 26.3 Å². The Hall–Kier alpha value is -1.09. The van der Waals surface area contributed by atoms with Crippen LogP contribution in [0.4, 0.5) is 0 Å². The first-order valence-electron chi connectivity index (χ1n) is 4.91. The summed E-state index contributed by atoms with van der Waals surface area (Å²) in [6, 6.07) is 8.01. The molecule has 0 spiro atoms. The maximum atomic E-state index is 5.44. The van der Waals surface area contributed by atoms with Gasteiger partial charge in [0.1, 0.15) is 17.3 Å². The SMILES string of the molecule is CC(C)(C)c1cccc(OCC(N)=S)c1. The van der Waals surface area contributed by atoms with E-state index in [0.29, 0.717) is 11.6 Å². The summed E-state index contributed by atoms with van der Waals surface area (Å²) in [5.74, 6) is 0.815. The van der Waals surface area contributed by atoms with E-state index in [1.165, 1.54) is 5.56 Å². The van der Waals surface area contributed by atoms with Crippen molar-refractivity contribution in [3.63, 3.8) is 0 Å². The van der Waals surface area contributed by atoms with Gasteiger partial charge in [-0.05, 0) is 23.1 Å². The Kier molecular flexibility index (Phi) is 3.69. The molecule has 15 heavy (non-hydrogen) atoms. The lowest BCUT2D eigenvalue weighted by Crippen LogP contribution is -2.18. The lowest BCUT2D eigenvalue weighted by atomic mass is 9.87. The summed E-state index contributed by atoms with van der Waals surface area (Å²) in [4.78, 5) is 0.371. The number of nitrogens with two attached hydrogens (primary N) is 1. The topological polar surface area (TPSA) is 35.2 Å². The molecule has 0 saturated carbocycles. The first-order chi connectivity index (χ1) is 6.89. The molecular formula is C12H17NOS. The van der Waals surface area contributed by atoms with E-state index in [4.69, 9.17) is 22.7 Å².